The number of ether oxygens (including phenoxy) is 1. The summed E-state index contributed by atoms with van der Waals surface area (Å²) < 4.78 is 7.53. The van der Waals surface area contributed by atoms with E-state index in [4.69, 9.17) is 4.74 Å². The smallest absolute Gasteiger partial charge is 0.257 e. The minimum Gasteiger partial charge on any atom is -0.472 e. The number of hydrogen-bond acceptors (Lipinski definition) is 5. The molecule has 116 valence electrons. The Labute approximate surface area is 128 Å². The Morgan fingerprint density at radius 2 is 2.23 bits per heavy atom. The first-order valence-corrected chi connectivity index (χ1v) is 7.28. The van der Waals surface area contributed by atoms with Crippen LogP contribution in [0.5, 0.6) is 5.88 Å². The van der Waals surface area contributed by atoms with Crippen LogP contribution < -0.4 is 4.74 Å². The molecule has 7 heteroatoms. The molecule has 3 rings (SSSR count). The summed E-state index contributed by atoms with van der Waals surface area (Å²) in [5, 5.41) is 4.31. The molecule has 7 nitrogen and oxygen atoms in total. The van der Waals surface area contributed by atoms with E-state index in [1.165, 1.54) is 6.33 Å². The highest BCUT2D eigenvalue weighted by Crippen LogP contribution is 2.21. The molecule has 2 aromatic heterocycles. The van der Waals surface area contributed by atoms with E-state index in [0.717, 1.165) is 17.8 Å². The predicted molar refractivity (Wildman–Crippen MR) is 79.7 cm³/mol. The lowest BCUT2D eigenvalue weighted by Gasteiger charge is -2.17. The first-order chi connectivity index (χ1) is 10.6. The van der Waals surface area contributed by atoms with E-state index in [1.807, 2.05) is 25.8 Å². The quantitative estimate of drug-likeness (QED) is 0.849. The molecule has 1 saturated heterocycles. The minimum absolute atomic E-state index is 0.0249. The van der Waals surface area contributed by atoms with E-state index in [-0.39, 0.29) is 12.0 Å². The Morgan fingerprint density at radius 3 is 2.86 bits per heavy atom. The van der Waals surface area contributed by atoms with Gasteiger partial charge >= 0.3 is 0 Å². The number of rotatable bonds is 3. The third-order valence-electron chi connectivity index (χ3n) is 4.00. The van der Waals surface area contributed by atoms with Crippen molar-refractivity contribution >= 4 is 5.91 Å². The number of aromatic nitrogens is 4. The normalized spacial score (nSPS) is 17.8. The Morgan fingerprint density at radius 1 is 1.41 bits per heavy atom. The highest BCUT2D eigenvalue weighted by molar-refractivity contribution is 5.96. The van der Waals surface area contributed by atoms with Gasteiger partial charge in [0.15, 0.2) is 0 Å². The van der Waals surface area contributed by atoms with Crippen molar-refractivity contribution in [1.29, 1.82) is 0 Å². The summed E-state index contributed by atoms with van der Waals surface area (Å²) in [5.74, 6) is 0.569. The maximum absolute atomic E-state index is 12.7. The first-order valence-electron chi connectivity index (χ1n) is 7.28. The van der Waals surface area contributed by atoms with Gasteiger partial charge in [-0.3, -0.25) is 9.48 Å². The average Bonchev–Trinajstić information content (AvgIpc) is 3.05. The highest BCUT2D eigenvalue weighted by atomic mass is 16.5. The Kier molecular flexibility index (Phi) is 3.79. The topological polar surface area (TPSA) is 73.1 Å². The summed E-state index contributed by atoms with van der Waals surface area (Å²) in [7, 11) is 1.85. The van der Waals surface area contributed by atoms with Crippen molar-refractivity contribution in [3.05, 3.63) is 35.5 Å². The Balaban J connectivity index is 1.68. The van der Waals surface area contributed by atoms with Crippen molar-refractivity contribution in [1.82, 2.24) is 24.6 Å². The van der Waals surface area contributed by atoms with Gasteiger partial charge in [0.25, 0.3) is 5.91 Å². The molecule has 1 aliphatic heterocycles. The Bertz CT molecular complexity index is 683. The van der Waals surface area contributed by atoms with Gasteiger partial charge in [0.2, 0.25) is 5.88 Å². The molecular weight excluding hydrogens is 282 g/mol. The third-order valence-corrected chi connectivity index (χ3v) is 4.00. The molecule has 2 aromatic rings. The van der Waals surface area contributed by atoms with Gasteiger partial charge in [-0.25, -0.2) is 9.97 Å². The standard InChI is InChI=1S/C15H19N5O2/c1-10-14(11(2)19(3)18-10)15(21)20-7-5-12(8-20)22-13-4-6-16-9-17-13/h4,6,9,12H,5,7-8H2,1-3H3. The summed E-state index contributed by atoms with van der Waals surface area (Å²) in [6, 6.07) is 1.72. The molecule has 0 saturated carbocycles. The zero-order valence-corrected chi connectivity index (χ0v) is 13.0. The molecule has 1 amide bonds. The molecule has 1 atom stereocenters. The summed E-state index contributed by atoms with van der Waals surface area (Å²) in [4.78, 5) is 22.4. The molecule has 0 radical (unpaired) electrons. The van der Waals surface area contributed by atoms with Gasteiger partial charge < -0.3 is 9.64 Å². The van der Waals surface area contributed by atoms with Crippen LogP contribution in [0.25, 0.3) is 0 Å². The molecule has 1 unspecified atom stereocenters. The van der Waals surface area contributed by atoms with Gasteiger partial charge in [-0.15, -0.1) is 0 Å². The van der Waals surface area contributed by atoms with Gasteiger partial charge in [0.1, 0.15) is 12.4 Å². The molecule has 22 heavy (non-hydrogen) atoms. The molecule has 1 aliphatic rings. The fraction of sp³-hybridized carbons (Fsp3) is 0.467. The predicted octanol–water partition coefficient (Wildman–Crippen LogP) is 1.12. The van der Waals surface area contributed by atoms with E-state index in [2.05, 4.69) is 15.1 Å². The van der Waals surface area contributed by atoms with Crippen molar-refractivity contribution in [3.63, 3.8) is 0 Å². The number of aryl methyl sites for hydroxylation is 2. The lowest BCUT2D eigenvalue weighted by Crippen LogP contribution is -2.31. The largest absolute Gasteiger partial charge is 0.472 e. The molecule has 0 bridgehead atoms. The lowest BCUT2D eigenvalue weighted by atomic mass is 10.2. The van der Waals surface area contributed by atoms with Crippen LogP contribution in [-0.2, 0) is 7.05 Å². The maximum Gasteiger partial charge on any atom is 0.257 e. The van der Waals surface area contributed by atoms with Crippen LogP contribution in [0.3, 0.4) is 0 Å². The summed E-state index contributed by atoms with van der Waals surface area (Å²) in [6.45, 7) is 5.03. The van der Waals surface area contributed by atoms with Crippen LogP contribution in [0, 0.1) is 13.8 Å². The van der Waals surface area contributed by atoms with E-state index in [0.29, 0.717) is 24.5 Å². The molecule has 3 heterocycles. The van der Waals surface area contributed by atoms with Crippen LogP contribution in [0.1, 0.15) is 28.2 Å². The third kappa shape index (κ3) is 2.66. The van der Waals surface area contributed by atoms with Crippen molar-refractivity contribution < 1.29 is 9.53 Å². The lowest BCUT2D eigenvalue weighted by molar-refractivity contribution is 0.0769. The number of likely N-dealkylation sites (tertiary alicyclic amines) is 1. The van der Waals surface area contributed by atoms with Gasteiger partial charge in [-0.1, -0.05) is 0 Å². The molecule has 0 N–H and O–H groups in total. The Hall–Kier alpha value is -2.44. The molecule has 1 fully saturated rings. The zero-order valence-electron chi connectivity index (χ0n) is 13.0. The second-order valence-electron chi connectivity index (χ2n) is 5.50. The fourth-order valence-corrected chi connectivity index (χ4v) is 2.77. The van der Waals surface area contributed by atoms with Crippen LogP contribution >= 0.6 is 0 Å². The van der Waals surface area contributed by atoms with Crippen LogP contribution in [-0.4, -0.2) is 49.7 Å². The molecule has 0 spiro atoms. The average molecular weight is 301 g/mol. The van der Waals surface area contributed by atoms with Gasteiger partial charge in [0.05, 0.1) is 17.8 Å². The second kappa shape index (κ2) is 5.75. The monoisotopic (exact) mass is 301 g/mol. The summed E-state index contributed by atoms with van der Waals surface area (Å²) in [6.07, 6.45) is 3.86. The van der Waals surface area contributed by atoms with Crippen LogP contribution in [0.15, 0.2) is 18.6 Å². The van der Waals surface area contributed by atoms with E-state index < -0.39 is 0 Å². The number of carbonyl (C=O) groups is 1. The minimum atomic E-state index is -0.0314. The van der Waals surface area contributed by atoms with Gasteiger partial charge in [-0.05, 0) is 13.8 Å². The van der Waals surface area contributed by atoms with E-state index in [9.17, 15) is 4.79 Å². The fourth-order valence-electron chi connectivity index (χ4n) is 2.77. The maximum atomic E-state index is 12.7. The van der Waals surface area contributed by atoms with Gasteiger partial charge in [0, 0.05) is 38.0 Å². The summed E-state index contributed by atoms with van der Waals surface area (Å²) in [5.41, 5.74) is 2.36. The number of nitrogens with zero attached hydrogens (tertiary/aromatic N) is 5. The SMILES string of the molecule is Cc1nn(C)c(C)c1C(=O)N1CCC(Oc2ccncn2)C1. The van der Waals surface area contributed by atoms with Crippen molar-refractivity contribution in [2.75, 3.05) is 13.1 Å². The van der Waals surface area contributed by atoms with Crippen LogP contribution in [0.2, 0.25) is 0 Å². The second-order valence-corrected chi connectivity index (χ2v) is 5.50. The van der Waals surface area contributed by atoms with Gasteiger partial charge in [-0.2, -0.15) is 5.10 Å². The highest BCUT2D eigenvalue weighted by Gasteiger charge is 2.31. The molecular formula is C15H19N5O2. The molecule has 0 aliphatic carbocycles. The first kappa shape index (κ1) is 14.5. The number of carbonyl (C=O) groups excluding carboxylic acids is 1. The zero-order chi connectivity index (χ0) is 15.7. The van der Waals surface area contributed by atoms with Crippen LogP contribution in [0.4, 0.5) is 0 Å². The number of amides is 1. The van der Waals surface area contributed by atoms with Crippen molar-refractivity contribution in [3.8, 4) is 5.88 Å². The molecule has 0 aromatic carbocycles. The summed E-state index contributed by atoms with van der Waals surface area (Å²) >= 11 is 0. The van der Waals surface area contributed by atoms with Crippen molar-refractivity contribution in [2.45, 2.75) is 26.4 Å². The van der Waals surface area contributed by atoms with E-state index in [1.54, 1.807) is 16.9 Å². The number of hydrogen-bond donors (Lipinski definition) is 0. The van der Waals surface area contributed by atoms with Crippen molar-refractivity contribution in [2.24, 2.45) is 7.05 Å². The van der Waals surface area contributed by atoms with E-state index >= 15 is 0 Å².